The topological polar surface area (TPSA) is 69.0 Å². The van der Waals surface area contributed by atoms with E-state index in [0.717, 1.165) is 34.3 Å². The van der Waals surface area contributed by atoms with Gasteiger partial charge in [-0.2, -0.15) is 23.1 Å². The first-order chi connectivity index (χ1) is 16.4. The maximum absolute atomic E-state index is 12.7. The fraction of sp³-hybridized carbons (Fsp3) is 0.240. The third kappa shape index (κ3) is 4.59. The van der Waals surface area contributed by atoms with E-state index in [-0.39, 0.29) is 30.2 Å². The molecule has 0 atom stereocenters. The molecule has 2 aromatic carbocycles. The Kier molecular flexibility index (Phi) is 5.69. The number of rotatable bonds is 6. The van der Waals surface area contributed by atoms with Gasteiger partial charge in [-0.1, -0.05) is 42.5 Å². The normalized spacial score (nSPS) is 17.9. The number of hydrogen-bond donors (Lipinski definition) is 1. The Hall–Kier alpha value is -3.88. The number of hydrogen-bond acceptors (Lipinski definition) is 4. The number of pyridine rings is 1. The first kappa shape index (κ1) is 21.9. The van der Waals surface area contributed by atoms with Gasteiger partial charge in [-0.3, -0.25) is 4.79 Å². The van der Waals surface area contributed by atoms with Gasteiger partial charge >= 0.3 is 6.18 Å². The largest absolute Gasteiger partial charge is 0.474 e. The van der Waals surface area contributed by atoms with E-state index in [1.165, 1.54) is 10.9 Å². The van der Waals surface area contributed by atoms with Gasteiger partial charge < -0.3 is 4.74 Å². The van der Waals surface area contributed by atoms with Gasteiger partial charge in [0.25, 0.3) is 0 Å². The van der Waals surface area contributed by atoms with Crippen LogP contribution in [-0.4, -0.2) is 26.9 Å². The summed E-state index contributed by atoms with van der Waals surface area (Å²) in [6.07, 6.45) is -0.684. The van der Waals surface area contributed by atoms with Crippen LogP contribution in [0.5, 0.6) is 5.88 Å². The summed E-state index contributed by atoms with van der Waals surface area (Å²) in [7, 11) is 0. The van der Waals surface area contributed by atoms with Crippen LogP contribution in [0.4, 0.5) is 13.2 Å². The van der Waals surface area contributed by atoms with Gasteiger partial charge in [0.05, 0.1) is 23.9 Å². The molecule has 0 bridgehead atoms. The van der Waals surface area contributed by atoms with E-state index in [1.807, 2.05) is 48.5 Å². The SMILES string of the molecule is O=C(Cc1cccc2ccccc12)Nn1nccc1C1CC(Oc2ccc(C(F)(F)F)cn2)C1. The Morgan fingerprint density at radius 1 is 1.06 bits per heavy atom. The second-order valence-corrected chi connectivity index (χ2v) is 8.31. The number of benzene rings is 2. The minimum Gasteiger partial charge on any atom is -0.474 e. The highest BCUT2D eigenvalue weighted by molar-refractivity contribution is 5.92. The van der Waals surface area contributed by atoms with Crippen LogP contribution in [0.1, 0.15) is 35.6 Å². The summed E-state index contributed by atoms with van der Waals surface area (Å²) >= 11 is 0. The summed E-state index contributed by atoms with van der Waals surface area (Å²) in [5.74, 6) is 0.0931. The number of carbonyl (C=O) groups excluding carboxylic acids is 1. The molecular weight excluding hydrogens is 445 g/mol. The zero-order chi connectivity index (χ0) is 23.7. The summed E-state index contributed by atoms with van der Waals surface area (Å²) in [4.78, 5) is 18.0. The summed E-state index contributed by atoms with van der Waals surface area (Å²) < 4.78 is 43.7. The van der Waals surface area contributed by atoms with Crippen molar-refractivity contribution in [3.05, 3.63) is 89.9 Å². The van der Waals surface area contributed by atoms with Gasteiger partial charge in [-0.05, 0) is 41.3 Å². The monoisotopic (exact) mass is 466 g/mol. The van der Waals surface area contributed by atoms with Crippen LogP contribution in [0.25, 0.3) is 10.8 Å². The molecule has 2 aromatic heterocycles. The molecule has 0 aliphatic heterocycles. The molecule has 0 spiro atoms. The molecule has 1 saturated carbocycles. The third-order valence-electron chi connectivity index (χ3n) is 6.00. The molecular formula is C25H21F3N4O2. The molecule has 4 aromatic rings. The van der Waals surface area contributed by atoms with Crippen LogP contribution in [-0.2, 0) is 17.4 Å². The van der Waals surface area contributed by atoms with Crippen molar-refractivity contribution in [1.29, 1.82) is 0 Å². The van der Waals surface area contributed by atoms with Gasteiger partial charge in [0.2, 0.25) is 11.8 Å². The van der Waals surface area contributed by atoms with Crippen LogP contribution in [0.3, 0.4) is 0 Å². The minimum atomic E-state index is -4.43. The van der Waals surface area contributed by atoms with Crippen LogP contribution >= 0.6 is 0 Å². The van der Waals surface area contributed by atoms with E-state index in [9.17, 15) is 18.0 Å². The maximum atomic E-state index is 12.7. The van der Waals surface area contributed by atoms with E-state index in [4.69, 9.17) is 4.74 Å². The molecule has 174 valence electrons. The molecule has 1 fully saturated rings. The Balaban J connectivity index is 1.18. The van der Waals surface area contributed by atoms with Gasteiger partial charge in [0.1, 0.15) is 6.10 Å². The number of ether oxygens (including phenoxy) is 1. The number of nitrogens with one attached hydrogen (secondary N) is 1. The highest BCUT2D eigenvalue weighted by atomic mass is 19.4. The summed E-state index contributed by atoms with van der Waals surface area (Å²) in [6.45, 7) is 0. The molecule has 6 nitrogen and oxygen atoms in total. The van der Waals surface area contributed by atoms with Crippen molar-refractivity contribution in [2.75, 3.05) is 5.43 Å². The Morgan fingerprint density at radius 3 is 2.62 bits per heavy atom. The lowest BCUT2D eigenvalue weighted by molar-refractivity contribution is -0.137. The molecule has 9 heteroatoms. The van der Waals surface area contributed by atoms with Crippen LogP contribution in [0, 0.1) is 0 Å². The molecule has 1 aliphatic carbocycles. The fourth-order valence-corrected chi connectivity index (χ4v) is 4.19. The first-order valence-electron chi connectivity index (χ1n) is 10.9. The second-order valence-electron chi connectivity index (χ2n) is 8.31. The predicted octanol–water partition coefficient (Wildman–Crippen LogP) is 5.09. The quantitative estimate of drug-likeness (QED) is 0.430. The number of halogens is 3. The molecule has 0 radical (unpaired) electrons. The van der Waals surface area contributed by atoms with Crippen molar-refractivity contribution < 1.29 is 22.7 Å². The lowest BCUT2D eigenvalue weighted by atomic mass is 9.80. The first-order valence-corrected chi connectivity index (χ1v) is 10.9. The maximum Gasteiger partial charge on any atom is 0.417 e. The van der Waals surface area contributed by atoms with Crippen molar-refractivity contribution >= 4 is 16.7 Å². The van der Waals surface area contributed by atoms with Crippen molar-refractivity contribution in [3.8, 4) is 5.88 Å². The lowest BCUT2D eigenvalue weighted by Gasteiger charge is -2.35. The lowest BCUT2D eigenvalue weighted by Crippen LogP contribution is -2.36. The molecule has 1 aliphatic rings. The van der Waals surface area contributed by atoms with E-state index >= 15 is 0 Å². The number of nitrogens with zero attached hydrogens (tertiary/aromatic N) is 3. The third-order valence-corrected chi connectivity index (χ3v) is 6.00. The zero-order valence-electron chi connectivity index (χ0n) is 18.0. The average molecular weight is 466 g/mol. The van der Waals surface area contributed by atoms with E-state index in [1.54, 1.807) is 6.20 Å². The molecule has 5 rings (SSSR count). The van der Waals surface area contributed by atoms with Gasteiger partial charge in [-0.15, -0.1) is 0 Å². The van der Waals surface area contributed by atoms with E-state index in [0.29, 0.717) is 12.8 Å². The number of carbonyl (C=O) groups is 1. The smallest absolute Gasteiger partial charge is 0.417 e. The van der Waals surface area contributed by atoms with Crippen LogP contribution in [0.15, 0.2) is 73.1 Å². The highest BCUT2D eigenvalue weighted by Gasteiger charge is 2.35. The number of amides is 1. The van der Waals surface area contributed by atoms with Crippen molar-refractivity contribution in [2.24, 2.45) is 0 Å². The Labute approximate surface area is 193 Å². The highest BCUT2D eigenvalue weighted by Crippen LogP contribution is 2.39. The Bertz CT molecular complexity index is 1310. The molecule has 1 N–H and O–H groups in total. The van der Waals surface area contributed by atoms with Gasteiger partial charge in [0.15, 0.2) is 0 Å². The molecule has 1 amide bonds. The molecule has 0 unspecified atom stereocenters. The molecule has 0 saturated heterocycles. The van der Waals surface area contributed by atoms with Gasteiger partial charge in [-0.25, -0.2) is 10.4 Å². The molecule has 34 heavy (non-hydrogen) atoms. The van der Waals surface area contributed by atoms with Crippen molar-refractivity contribution in [2.45, 2.75) is 37.5 Å². The van der Waals surface area contributed by atoms with Crippen molar-refractivity contribution in [1.82, 2.24) is 14.9 Å². The number of fused-ring (bicyclic) bond motifs is 1. The zero-order valence-corrected chi connectivity index (χ0v) is 18.0. The summed E-state index contributed by atoms with van der Waals surface area (Å²) in [5.41, 5.74) is 3.82. The van der Waals surface area contributed by atoms with E-state index < -0.39 is 11.7 Å². The predicted molar refractivity (Wildman–Crippen MR) is 120 cm³/mol. The van der Waals surface area contributed by atoms with Crippen LogP contribution in [0.2, 0.25) is 0 Å². The second kappa shape index (κ2) is 8.81. The summed E-state index contributed by atoms with van der Waals surface area (Å²) in [6, 6.07) is 17.8. The minimum absolute atomic E-state index is 0.111. The van der Waals surface area contributed by atoms with E-state index in [2.05, 4.69) is 15.5 Å². The fourth-order valence-electron chi connectivity index (χ4n) is 4.19. The van der Waals surface area contributed by atoms with Gasteiger partial charge in [0, 0.05) is 18.2 Å². The van der Waals surface area contributed by atoms with Crippen LogP contribution < -0.4 is 10.2 Å². The summed E-state index contributed by atoms with van der Waals surface area (Å²) in [5, 5.41) is 6.35. The number of alkyl halides is 3. The average Bonchev–Trinajstić information content (AvgIpc) is 3.23. The Morgan fingerprint density at radius 2 is 1.85 bits per heavy atom. The standard InChI is InChI=1S/C25H21F3N4O2/c26-25(27,28)19-8-9-24(29-15-19)34-20-12-18(13-20)22-10-11-30-32(22)31-23(33)14-17-6-3-5-16-4-1-2-7-21(16)17/h1-11,15,18,20H,12-14H2,(H,31,33). The van der Waals surface area contributed by atoms with Crippen molar-refractivity contribution in [3.63, 3.8) is 0 Å². The number of aromatic nitrogens is 3. The molecule has 2 heterocycles.